The van der Waals surface area contributed by atoms with Gasteiger partial charge in [0.2, 0.25) is 5.91 Å². The number of carbonyl (C=O) groups is 3. The van der Waals surface area contributed by atoms with Crippen LogP contribution in [0.4, 0.5) is 4.79 Å². The number of aliphatic carboxylic acids is 1. The van der Waals surface area contributed by atoms with Crippen LogP contribution in [-0.4, -0.2) is 77.7 Å². The van der Waals surface area contributed by atoms with Gasteiger partial charge in [0, 0.05) is 60.6 Å². The molecule has 2 saturated heterocycles. The lowest BCUT2D eigenvalue weighted by molar-refractivity contribution is -0.141. The molecule has 3 aliphatic rings. The molecule has 0 spiro atoms. The number of carboxylic acid groups (broad SMARTS) is 1. The number of piperidine rings is 2. The van der Waals surface area contributed by atoms with Gasteiger partial charge in [-0.05, 0) is 79.3 Å². The predicted octanol–water partition coefficient (Wildman–Crippen LogP) is 8.12. The first-order valence-corrected chi connectivity index (χ1v) is 20.5. The number of carbonyl (C=O) groups excluding carboxylic acids is 2. The number of amides is 3. The molecule has 6 atom stereocenters. The lowest BCUT2D eigenvalue weighted by Crippen LogP contribution is -2.60. The van der Waals surface area contributed by atoms with Gasteiger partial charge in [-0.1, -0.05) is 103 Å². The molecule has 302 valence electrons. The second-order valence-electron chi connectivity index (χ2n) is 15.4. The predicted molar refractivity (Wildman–Crippen MR) is 224 cm³/mol. The van der Waals surface area contributed by atoms with Crippen LogP contribution >= 0.6 is 11.6 Å². The number of nitrogens with two attached hydrogens (primary N) is 1. The number of primary amides is 1. The maximum Gasteiger partial charge on any atom is 0.314 e. The first-order valence-electron chi connectivity index (χ1n) is 20.1. The van der Waals surface area contributed by atoms with E-state index in [4.69, 9.17) is 31.6 Å². The number of rotatable bonds is 9. The third kappa shape index (κ3) is 9.24. The normalized spacial score (nSPS) is 22.0. The zero-order chi connectivity index (χ0) is 40.6. The molecule has 6 unspecified atom stereocenters. The zero-order valence-electron chi connectivity index (χ0n) is 32.7. The summed E-state index contributed by atoms with van der Waals surface area (Å²) in [4.78, 5) is 42.7. The molecule has 8 rings (SSSR count). The molecular formula is C47H51ClN4O6. The molecule has 0 saturated carbocycles. The van der Waals surface area contributed by atoms with Crippen molar-refractivity contribution in [3.05, 3.63) is 160 Å². The number of halogens is 1. The third-order valence-corrected chi connectivity index (χ3v) is 12.1. The molecular weight excluding hydrogens is 752 g/mol. The fraction of sp³-hybridized carbons (Fsp3) is 0.340. The Labute approximate surface area is 344 Å². The van der Waals surface area contributed by atoms with Crippen LogP contribution in [0.5, 0.6) is 5.75 Å². The van der Waals surface area contributed by atoms with Crippen molar-refractivity contribution in [2.24, 2.45) is 5.73 Å². The second kappa shape index (κ2) is 18.8. The highest BCUT2D eigenvalue weighted by atomic mass is 35.5. The minimum Gasteiger partial charge on any atom is -0.493 e. The number of furan rings is 1. The minimum absolute atomic E-state index is 0.0182. The van der Waals surface area contributed by atoms with Crippen molar-refractivity contribution in [2.75, 3.05) is 32.8 Å². The molecule has 5 aromatic rings. The van der Waals surface area contributed by atoms with Gasteiger partial charge in [0.15, 0.2) is 0 Å². The van der Waals surface area contributed by atoms with Crippen LogP contribution in [0.3, 0.4) is 0 Å². The van der Waals surface area contributed by atoms with Gasteiger partial charge in [0.25, 0.3) is 0 Å². The summed E-state index contributed by atoms with van der Waals surface area (Å²) in [5.41, 5.74) is 10.7. The summed E-state index contributed by atoms with van der Waals surface area (Å²) < 4.78 is 11.3. The lowest BCUT2D eigenvalue weighted by atomic mass is 9.79. The lowest BCUT2D eigenvalue weighted by Gasteiger charge is -2.50. The Morgan fingerprint density at radius 1 is 0.879 bits per heavy atom. The van der Waals surface area contributed by atoms with Gasteiger partial charge in [-0.15, -0.1) is 0 Å². The molecule has 3 amide bonds. The van der Waals surface area contributed by atoms with Gasteiger partial charge >= 0.3 is 12.0 Å². The SMILES string of the molecule is Cc1cc(Cl)cc2c1OCCC2C(=O)O.NC(=O)N1CCC(N(C(=O)C(Cc2ccco2)c2ccccc2)C2CCNCC2c2ccccc2)C(c2ccccc2)C1. The highest BCUT2D eigenvalue weighted by Gasteiger charge is 2.45. The molecule has 11 heteroatoms. The summed E-state index contributed by atoms with van der Waals surface area (Å²) in [5, 5.41) is 13.2. The molecule has 10 nitrogen and oxygen atoms in total. The number of likely N-dealkylation sites (tertiary alicyclic amines) is 1. The van der Waals surface area contributed by atoms with Crippen molar-refractivity contribution in [1.82, 2.24) is 15.1 Å². The zero-order valence-corrected chi connectivity index (χ0v) is 33.5. The quantitative estimate of drug-likeness (QED) is 0.137. The van der Waals surface area contributed by atoms with Crippen molar-refractivity contribution in [3.8, 4) is 5.75 Å². The smallest absolute Gasteiger partial charge is 0.314 e. The molecule has 2 fully saturated rings. The van der Waals surface area contributed by atoms with E-state index in [1.807, 2.05) is 73.7 Å². The third-order valence-electron chi connectivity index (χ3n) is 11.8. The van der Waals surface area contributed by atoms with Gasteiger partial charge < -0.3 is 35.1 Å². The number of hydrogen-bond acceptors (Lipinski definition) is 6. The number of nitrogens with zero attached hydrogens (tertiary/aromatic N) is 2. The maximum absolute atomic E-state index is 15.3. The molecule has 0 aliphatic carbocycles. The largest absolute Gasteiger partial charge is 0.493 e. The van der Waals surface area contributed by atoms with Crippen LogP contribution in [0.15, 0.2) is 126 Å². The highest BCUT2D eigenvalue weighted by molar-refractivity contribution is 6.30. The monoisotopic (exact) mass is 802 g/mol. The van der Waals surface area contributed by atoms with E-state index in [1.54, 1.807) is 23.3 Å². The van der Waals surface area contributed by atoms with Gasteiger partial charge in [-0.2, -0.15) is 0 Å². The minimum atomic E-state index is -0.818. The molecule has 0 radical (unpaired) electrons. The van der Waals surface area contributed by atoms with E-state index in [0.717, 1.165) is 42.0 Å². The topological polar surface area (TPSA) is 138 Å². The van der Waals surface area contributed by atoms with Crippen LogP contribution in [0.25, 0.3) is 0 Å². The van der Waals surface area contributed by atoms with E-state index in [2.05, 4.69) is 46.6 Å². The number of urea groups is 1. The first kappa shape index (κ1) is 40.6. The van der Waals surface area contributed by atoms with E-state index in [0.29, 0.717) is 55.3 Å². The summed E-state index contributed by atoms with van der Waals surface area (Å²) in [7, 11) is 0. The number of hydrogen-bond donors (Lipinski definition) is 3. The van der Waals surface area contributed by atoms with Gasteiger partial charge in [0.1, 0.15) is 11.5 Å². The molecule has 4 aromatic carbocycles. The van der Waals surface area contributed by atoms with Gasteiger partial charge in [-0.3, -0.25) is 9.59 Å². The van der Waals surface area contributed by atoms with E-state index in [1.165, 1.54) is 5.56 Å². The average Bonchev–Trinajstić information content (AvgIpc) is 3.77. The molecule has 3 aliphatic heterocycles. The Bertz CT molecular complexity index is 2130. The van der Waals surface area contributed by atoms with Crippen molar-refractivity contribution in [3.63, 3.8) is 0 Å². The highest BCUT2D eigenvalue weighted by Crippen LogP contribution is 2.41. The Kier molecular flexibility index (Phi) is 13.2. The maximum atomic E-state index is 15.3. The first-order chi connectivity index (χ1) is 28.2. The number of ether oxygens (including phenoxy) is 1. The van der Waals surface area contributed by atoms with Crippen molar-refractivity contribution < 1.29 is 28.6 Å². The summed E-state index contributed by atoms with van der Waals surface area (Å²) in [6, 6.07) is 37.7. The summed E-state index contributed by atoms with van der Waals surface area (Å²) in [5.74, 6) is -0.0962. The Hall–Kier alpha value is -5.58. The Morgan fingerprint density at radius 3 is 2.17 bits per heavy atom. The second-order valence-corrected chi connectivity index (χ2v) is 15.8. The Morgan fingerprint density at radius 2 is 1.53 bits per heavy atom. The summed E-state index contributed by atoms with van der Waals surface area (Å²) in [6.07, 6.45) is 4.14. The fourth-order valence-corrected chi connectivity index (χ4v) is 9.32. The summed E-state index contributed by atoms with van der Waals surface area (Å²) in [6.45, 7) is 4.94. The van der Waals surface area contributed by atoms with Gasteiger partial charge in [0.05, 0.1) is 24.7 Å². The van der Waals surface area contributed by atoms with Crippen molar-refractivity contribution in [2.45, 2.75) is 68.4 Å². The van der Waals surface area contributed by atoms with Crippen LogP contribution < -0.4 is 15.8 Å². The van der Waals surface area contributed by atoms with E-state index >= 15 is 4.79 Å². The Balaban J connectivity index is 0.000000286. The summed E-state index contributed by atoms with van der Waals surface area (Å²) >= 11 is 5.90. The number of aryl methyl sites for hydroxylation is 1. The number of fused-ring (bicyclic) bond motifs is 1. The number of nitrogens with one attached hydrogen (secondary N) is 1. The van der Waals surface area contributed by atoms with Crippen LogP contribution in [0.2, 0.25) is 5.02 Å². The number of carboxylic acids is 1. The molecule has 4 heterocycles. The standard InChI is InChI=1S/C36H40N4O3.C11H11ClO3/c37-36(42)39-21-19-34(32(25-39)28-15-8-3-9-16-28)40(33-18-20-38-24-31(33)27-13-6-2-7-14-27)35(41)30(23-29-17-10-22-43-29)26-11-4-1-5-12-26;1-6-4-7(12)5-9-8(11(13)14)2-3-15-10(6)9/h1-17,22,30-34,38H,18-21,23-25H2,(H2,37,42);4-5,8H,2-3H2,1H3,(H,13,14). The van der Waals surface area contributed by atoms with Gasteiger partial charge in [-0.25, -0.2) is 4.79 Å². The molecule has 1 aromatic heterocycles. The fourth-order valence-electron chi connectivity index (χ4n) is 9.04. The van der Waals surface area contributed by atoms with E-state index in [9.17, 15) is 9.59 Å². The molecule has 4 N–H and O–H groups in total. The number of benzene rings is 4. The van der Waals surface area contributed by atoms with Crippen LogP contribution in [0, 0.1) is 6.92 Å². The van der Waals surface area contributed by atoms with Crippen LogP contribution in [-0.2, 0) is 16.0 Å². The van der Waals surface area contributed by atoms with E-state index < -0.39 is 23.8 Å². The molecule has 0 bridgehead atoms. The average molecular weight is 803 g/mol. The van der Waals surface area contributed by atoms with E-state index in [-0.39, 0.29) is 29.8 Å². The van der Waals surface area contributed by atoms with Crippen molar-refractivity contribution >= 4 is 29.5 Å². The van der Waals surface area contributed by atoms with Crippen LogP contribution in [0.1, 0.15) is 76.5 Å². The molecule has 58 heavy (non-hydrogen) atoms. The van der Waals surface area contributed by atoms with Crippen molar-refractivity contribution in [1.29, 1.82) is 0 Å².